The van der Waals surface area contributed by atoms with Crippen molar-refractivity contribution in [3.8, 4) is 0 Å². The number of hydrogen-bond acceptors (Lipinski definition) is 12. The molecule has 1 aliphatic carbocycles. The van der Waals surface area contributed by atoms with Gasteiger partial charge in [0.25, 0.3) is 11.7 Å². The van der Waals surface area contributed by atoms with Crippen LogP contribution in [0.2, 0.25) is 0 Å². The van der Waals surface area contributed by atoms with Crippen LogP contribution < -0.4 is 0 Å². The predicted octanol–water partition coefficient (Wildman–Crippen LogP) is 7.46. The normalized spacial score (nSPS) is 37.8. The van der Waals surface area contributed by atoms with Crippen molar-refractivity contribution in [1.29, 1.82) is 0 Å². The van der Waals surface area contributed by atoms with Crippen LogP contribution in [-0.2, 0) is 47.7 Å². The molecule has 3 aliphatic heterocycles. The fourth-order valence-electron chi connectivity index (χ4n) is 10.4. The molecule has 0 aromatic heterocycles. The number of ether oxygens (including phenoxy) is 5. The quantitative estimate of drug-likeness (QED) is 0.199. The number of allylic oxidation sites excluding steroid dienone is 6. The van der Waals surface area contributed by atoms with Gasteiger partial charge in [0.1, 0.15) is 18.2 Å². The Bertz CT molecular complexity index is 1750. The van der Waals surface area contributed by atoms with Gasteiger partial charge >= 0.3 is 5.97 Å². The number of aliphatic hydroxyl groups excluding tert-OH is 1. The Labute approximate surface area is 388 Å². The second-order valence-corrected chi connectivity index (χ2v) is 20.0. The van der Waals surface area contributed by atoms with Gasteiger partial charge in [-0.2, -0.15) is 0 Å². The lowest BCUT2D eigenvalue weighted by atomic mass is 9.76. The van der Waals surface area contributed by atoms with E-state index >= 15 is 0 Å². The summed E-state index contributed by atoms with van der Waals surface area (Å²) in [5.74, 6) is -7.06. The van der Waals surface area contributed by atoms with E-state index in [9.17, 15) is 34.2 Å². The van der Waals surface area contributed by atoms with E-state index in [4.69, 9.17) is 23.7 Å². The first-order valence-corrected chi connectivity index (χ1v) is 24.2. The zero-order valence-electron chi connectivity index (χ0n) is 41.2. The average molecular weight is 912 g/mol. The van der Waals surface area contributed by atoms with Gasteiger partial charge in [0.2, 0.25) is 5.79 Å². The predicted molar refractivity (Wildman–Crippen MR) is 248 cm³/mol. The molecule has 0 aromatic carbocycles. The van der Waals surface area contributed by atoms with Crippen molar-refractivity contribution >= 4 is 29.2 Å². The summed E-state index contributed by atoms with van der Waals surface area (Å²) in [6.07, 6.45) is 13.7. The number of amides is 1. The molecule has 366 valence electrons. The molecular weight excluding hydrogens is 831 g/mol. The number of aliphatic hydroxyl groups is 2. The average Bonchev–Trinajstić information content (AvgIpc) is 3.28. The summed E-state index contributed by atoms with van der Waals surface area (Å²) in [5.41, 5.74) is 1.23. The third-order valence-corrected chi connectivity index (χ3v) is 14.9. The van der Waals surface area contributed by atoms with Gasteiger partial charge in [-0.3, -0.25) is 19.2 Å². The van der Waals surface area contributed by atoms with Gasteiger partial charge in [-0.15, -0.1) is 0 Å². The number of piperidine rings is 1. The molecule has 4 aliphatic rings. The van der Waals surface area contributed by atoms with Crippen LogP contribution in [0.3, 0.4) is 0 Å². The van der Waals surface area contributed by atoms with Crippen molar-refractivity contribution in [3.63, 3.8) is 0 Å². The number of nitrogens with zero attached hydrogens (tertiary/aromatic N) is 1. The number of ketones is 3. The van der Waals surface area contributed by atoms with Crippen molar-refractivity contribution in [3.05, 3.63) is 47.6 Å². The van der Waals surface area contributed by atoms with Gasteiger partial charge in [-0.05, 0) is 113 Å². The molecule has 13 nitrogen and oxygen atoms in total. The Kier molecular flexibility index (Phi) is 21.0. The zero-order chi connectivity index (χ0) is 48.2. The Hall–Kier alpha value is -3.33. The fraction of sp³-hybridized carbons (Fsp3) is 0.750. The molecule has 4 rings (SSSR count). The summed E-state index contributed by atoms with van der Waals surface area (Å²) in [7, 11) is 4.71. The maximum absolute atomic E-state index is 14.4. The Balaban J connectivity index is 1.70. The smallest absolute Gasteiger partial charge is 0.329 e. The Morgan fingerprint density at radius 2 is 1.58 bits per heavy atom. The van der Waals surface area contributed by atoms with E-state index in [1.54, 1.807) is 41.1 Å². The highest BCUT2D eigenvalue weighted by molar-refractivity contribution is 6.39. The van der Waals surface area contributed by atoms with Crippen LogP contribution in [0.4, 0.5) is 0 Å². The largest absolute Gasteiger partial charge is 0.460 e. The van der Waals surface area contributed by atoms with Crippen molar-refractivity contribution in [2.75, 3.05) is 27.9 Å². The topological polar surface area (TPSA) is 175 Å². The number of methoxy groups -OCH3 is 3. The van der Waals surface area contributed by atoms with E-state index in [-0.39, 0.29) is 54.8 Å². The van der Waals surface area contributed by atoms with Crippen molar-refractivity contribution in [2.24, 2.45) is 41.4 Å². The van der Waals surface area contributed by atoms with Crippen LogP contribution in [0.25, 0.3) is 0 Å². The van der Waals surface area contributed by atoms with Crippen molar-refractivity contribution in [1.82, 2.24) is 4.90 Å². The first kappa shape index (κ1) is 54.3. The number of hydrogen-bond donors (Lipinski definition) is 2. The van der Waals surface area contributed by atoms with Crippen molar-refractivity contribution in [2.45, 2.75) is 181 Å². The van der Waals surface area contributed by atoms with Gasteiger partial charge in [0.15, 0.2) is 11.6 Å². The highest BCUT2D eigenvalue weighted by Crippen LogP contribution is 2.38. The number of carbonyl (C=O) groups excluding carboxylic acids is 5. The highest BCUT2D eigenvalue weighted by atomic mass is 16.6. The summed E-state index contributed by atoms with van der Waals surface area (Å²) in [5, 5.41) is 23.4. The number of carbonyl (C=O) groups is 5. The molecule has 1 amide bonds. The molecule has 65 heavy (non-hydrogen) atoms. The van der Waals surface area contributed by atoms with E-state index in [1.807, 2.05) is 58.1 Å². The van der Waals surface area contributed by atoms with Crippen molar-refractivity contribution < 1.29 is 57.9 Å². The Morgan fingerprint density at radius 1 is 0.862 bits per heavy atom. The fourth-order valence-corrected chi connectivity index (χ4v) is 10.4. The molecule has 0 spiro atoms. The van der Waals surface area contributed by atoms with E-state index in [2.05, 4.69) is 6.92 Å². The van der Waals surface area contributed by atoms with Gasteiger partial charge in [-0.1, -0.05) is 78.0 Å². The summed E-state index contributed by atoms with van der Waals surface area (Å²) in [6, 6.07) is -1.11. The molecule has 2 bridgehead atoms. The lowest BCUT2D eigenvalue weighted by Crippen LogP contribution is -2.61. The van der Waals surface area contributed by atoms with Crippen LogP contribution in [0.1, 0.15) is 132 Å². The van der Waals surface area contributed by atoms with E-state index in [1.165, 1.54) is 12.0 Å². The molecule has 1 saturated carbocycles. The lowest BCUT2D eigenvalue weighted by Gasteiger charge is -2.42. The minimum atomic E-state index is -2.41. The molecular formula is C52H81NO12. The third-order valence-electron chi connectivity index (χ3n) is 14.9. The zero-order valence-corrected chi connectivity index (χ0v) is 41.2. The Morgan fingerprint density at radius 3 is 2.26 bits per heavy atom. The van der Waals surface area contributed by atoms with E-state index in [0.29, 0.717) is 56.4 Å². The molecule has 0 radical (unpaired) electrons. The molecule has 3 fully saturated rings. The first-order chi connectivity index (χ1) is 30.7. The molecule has 2 N–H and O–H groups in total. The summed E-state index contributed by atoms with van der Waals surface area (Å²) in [6.45, 7) is 15.1. The molecule has 2 unspecified atom stereocenters. The monoisotopic (exact) mass is 912 g/mol. The standard InChI is InChI=1S/C52H81NO12/c1-31-17-13-12-14-18-32(2)44(62-10)29-40-23-21-38(8)52(60,65-40)49(57)50(58)53-24-16-15-19-41(53)51(59)64-45(35(5)27-39-22-20-33(3)43(28-39)61-9)30-42(54)34(4)26-37(7)47(56)48(63-11)46(55)36(6)25-31/h12-14,17-18,26,31,33,35-41,43-45,47-48,56,60H,15-16,19-25,27-30H2,1-11H3/t31-,33+,35-,36-,37?,38-,39+,40+,41+,43-,44?,45+,47-,48+,52-/m1/s1. The lowest BCUT2D eigenvalue weighted by molar-refractivity contribution is -0.265. The second kappa shape index (κ2) is 25.2. The number of rotatable bonds is 6. The van der Waals surface area contributed by atoms with E-state index < -0.39 is 77.8 Å². The third kappa shape index (κ3) is 14.3. The molecule has 0 aromatic rings. The minimum absolute atomic E-state index is 0.0331. The number of cyclic esters (lactones) is 1. The summed E-state index contributed by atoms with van der Waals surface area (Å²) >= 11 is 0. The molecule has 13 heteroatoms. The number of fused-ring (bicyclic) bond motifs is 3. The minimum Gasteiger partial charge on any atom is -0.460 e. The van der Waals surface area contributed by atoms with Crippen LogP contribution >= 0.6 is 0 Å². The van der Waals surface area contributed by atoms with Gasteiger partial charge in [-0.25, -0.2) is 4.79 Å². The first-order valence-electron chi connectivity index (χ1n) is 24.2. The molecule has 3 heterocycles. The number of Topliss-reactive ketones (excluding diaryl/α,β-unsaturated/α-hetero) is 3. The summed E-state index contributed by atoms with van der Waals surface area (Å²) < 4.78 is 29.7. The van der Waals surface area contributed by atoms with Gasteiger partial charge < -0.3 is 38.8 Å². The SMILES string of the molecule is COC1C[C@@H]2CC[C@@H](C)[C@@](O)(O2)C(=O)C(=O)N2CCCC[C@H]2C(=O)O[C@H]([C@H](C)C[C@@H]2CC[C@H](C)[C@H](OC)C2)CC(=O)C(C)=CC(C)[C@@H](O)[C@@H](OC)C(=O)[C@H](C)C[C@H](C)C=CC=CC=C1C. The van der Waals surface area contributed by atoms with E-state index in [0.717, 1.165) is 24.8 Å². The maximum Gasteiger partial charge on any atom is 0.329 e. The molecule has 15 atom stereocenters. The maximum atomic E-state index is 14.4. The number of esters is 1. The van der Waals surface area contributed by atoms with Crippen LogP contribution in [-0.4, -0.2) is 121 Å². The van der Waals surface area contributed by atoms with Gasteiger partial charge in [0, 0.05) is 58.5 Å². The molecule has 2 saturated heterocycles. The van der Waals surface area contributed by atoms with Crippen LogP contribution in [0.5, 0.6) is 0 Å². The van der Waals surface area contributed by atoms with Gasteiger partial charge in [0.05, 0.1) is 24.4 Å². The van der Waals surface area contributed by atoms with Crippen LogP contribution in [0, 0.1) is 41.4 Å². The highest BCUT2D eigenvalue weighted by Gasteiger charge is 2.53. The van der Waals surface area contributed by atoms with Crippen LogP contribution in [0.15, 0.2) is 47.6 Å². The second-order valence-electron chi connectivity index (χ2n) is 20.0. The summed E-state index contributed by atoms with van der Waals surface area (Å²) in [4.78, 5) is 71.9.